The highest BCUT2D eigenvalue weighted by atomic mass is 32.1. The van der Waals surface area contributed by atoms with Crippen LogP contribution in [0.15, 0.2) is 34.4 Å². The summed E-state index contributed by atoms with van der Waals surface area (Å²) >= 11 is 1.39. The van der Waals surface area contributed by atoms with Crippen LogP contribution in [0, 0.1) is 6.92 Å². The molecule has 3 aromatic rings. The van der Waals surface area contributed by atoms with Crippen molar-refractivity contribution in [1.29, 1.82) is 0 Å². The molecule has 1 N–H and O–H groups in total. The van der Waals surface area contributed by atoms with Crippen LogP contribution in [0.1, 0.15) is 18.5 Å². The number of nitrogens with zero attached hydrogens (tertiary/aromatic N) is 4. The van der Waals surface area contributed by atoms with Gasteiger partial charge in [0, 0.05) is 18.3 Å². The van der Waals surface area contributed by atoms with E-state index in [0.717, 1.165) is 5.69 Å². The molecule has 0 unspecified atom stereocenters. The second-order valence-corrected chi connectivity index (χ2v) is 5.94. The average Bonchev–Trinajstić information content (AvgIpc) is 2.95. The van der Waals surface area contributed by atoms with Crippen molar-refractivity contribution in [2.24, 2.45) is 0 Å². The number of benzene rings is 1. The summed E-state index contributed by atoms with van der Waals surface area (Å²) in [6, 6.07) is 7.07. The molecule has 1 aromatic carbocycles. The van der Waals surface area contributed by atoms with Crippen LogP contribution in [0.3, 0.4) is 0 Å². The second-order valence-electron chi connectivity index (χ2n) is 5.08. The Morgan fingerprint density at radius 3 is 2.96 bits per heavy atom. The van der Waals surface area contributed by atoms with Gasteiger partial charge >= 0.3 is 0 Å². The first-order valence-electron chi connectivity index (χ1n) is 7.18. The normalized spacial score (nSPS) is 10.8. The minimum Gasteiger partial charge on any atom is -0.302 e. The van der Waals surface area contributed by atoms with Gasteiger partial charge in [-0.25, -0.2) is 9.67 Å². The molecule has 3 rings (SSSR count). The van der Waals surface area contributed by atoms with E-state index in [9.17, 15) is 9.59 Å². The number of hydrogen-bond acceptors (Lipinski definition) is 6. The quantitative estimate of drug-likeness (QED) is 0.773. The number of amides is 1. The van der Waals surface area contributed by atoms with Crippen LogP contribution in [0.25, 0.3) is 10.9 Å². The van der Waals surface area contributed by atoms with Crippen LogP contribution in [-0.4, -0.2) is 25.9 Å². The molecule has 0 atom stereocenters. The van der Waals surface area contributed by atoms with Gasteiger partial charge < -0.3 is 5.32 Å². The van der Waals surface area contributed by atoms with Crippen molar-refractivity contribution in [1.82, 2.24) is 20.0 Å². The summed E-state index contributed by atoms with van der Waals surface area (Å²) in [6.45, 7) is 2.22. The predicted octanol–water partition coefficient (Wildman–Crippen LogP) is 1.98. The number of anilines is 1. The van der Waals surface area contributed by atoms with Crippen LogP contribution in [0.2, 0.25) is 0 Å². The summed E-state index contributed by atoms with van der Waals surface area (Å²) in [7, 11) is 0. The van der Waals surface area contributed by atoms with Gasteiger partial charge in [0.25, 0.3) is 5.56 Å². The molecule has 2 aromatic heterocycles. The van der Waals surface area contributed by atoms with E-state index >= 15 is 0 Å². The number of aromatic nitrogens is 4. The molecule has 23 heavy (non-hydrogen) atoms. The third-order valence-electron chi connectivity index (χ3n) is 3.27. The molecule has 8 heteroatoms. The molecule has 0 saturated heterocycles. The fourth-order valence-corrected chi connectivity index (χ4v) is 2.86. The molecule has 0 aliphatic rings. The zero-order chi connectivity index (χ0) is 16.2. The average molecular weight is 329 g/mol. The molecule has 1 amide bonds. The first kappa shape index (κ1) is 15.3. The Hall–Kier alpha value is -2.61. The second kappa shape index (κ2) is 6.66. The predicted molar refractivity (Wildman–Crippen MR) is 88.5 cm³/mol. The van der Waals surface area contributed by atoms with Crippen molar-refractivity contribution in [2.75, 3.05) is 5.32 Å². The SMILES string of the molecule is Cc1csc(NC(=O)CCCn2nnc3ccccc3c2=O)n1. The summed E-state index contributed by atoms with van der Waals surface area (Å²) in [5, 5.41) is 13.7. The van der Waals surface area contributed by atoms with E-state index in [1.54, 1.807) is 18.2 Å². The lowest BCUT2D eigenvalue weighted by Gasteiger charge is -2.05. The first-order valence-corrected chi connectivity index (χ1v) is 8.06. The Morgan fingerprint density at radius 2 is 2.17 bits per heavy atom. The Kier molecular flexibility index (Phi) is 4.42. The van der Waals surface area contributed by atoms with Gasteiger partial charge in [0.15, 0.2) is 5.13 Å². The molecular weight excluding hydrogens is 314 g/mol. The largest absolute Gasteiger partial charge is 0.302 e. The molecule has 118 valence electrons. The Bertz CT molecular complexity index is 902. The van der Waals surface area contributed by atoms with E-state index in [1.165, 1.54) is 16.0 Å². The van der Waals surface area contributed by atoms with E-state index in [0.29, 0.717) is 35.4 Å². The molecule has 0 aliphatic carbocycles. The zero-order valence-corrected chi connectivity index (χ0v) is 13.3. The maximum Gasteiger partial charge on any atom is 0.277 e. The van der Waals surface area contributed by atoms with Gasteiger partial charge in [-0.15, -0.1) is 16.4 Å². The summed E-state index contributed by atoms with van der Waals surface area (Å²) in [5.41, 5.74) is 1.26. The van der Waals surface area contributed by atoms with Gasteiger partial charge in [0.2, 0.25) is 5.91 Å². The smallest absolute Gasteiger partial charge is 0.277 e. The minimum absolute atomic E-state index is 0.124. The van der Waals surface area contributed by atoms with Crippen molar-refractivity contribution < 1.29 is 4.79 Å². The van der Waals surface area contributed by atoms with Crippen molar-refractivity contribution >= 4 is 33.3 Å². The number of rotatable bonds is 5. The maximum atomic E-state index is 12.2. The van der Waals surface area contributed by atoms with Gasteiger partial charge in [-0.05, 0) is 25.5 Å². The summed E-state index contributed by atoms with van der Waals surface area (Å²) in [4.78, 5) is 28.3. The van der Waals surface area contributed by atoms with Crippen molar-refractivity contribution in [2.45, 2.75) is 26.3 Å². The molecule has 7 nitrogen and oxygen atoms in total. The lowest BCUT2D eigenvalue weighted by molar-refractivity contribution is -0.116. The zero-order valence-electron chi connectivity index (χ0n) is 12.5. The van der Waals surface area contributed by atoms with Crippen LogP contribution in [0.5, 0.6) is 0 Å². The highest BCUT2D eigenvalue weighted by Gasteiger charge is 2.08. The van der Waals surface area contributed by atoms with Crippen LogP contribution < -0.4 is 10.9 Å². The molecule has 0 saturated carbocycles. The summed E-state index contributed by atoms with van der Waals surface area (Å²) in [6.07, 6.45) is 0.794. The molecule has 0 bridgehead atoms. The van der Waals surface area contributed by atoms with Crippen LogP contribution >= 0.6 is 11.3 Å². The Labute approximate surface area is 136 Å². The van der Waals surface area contributed by atoms with Crippen molar-refractivity contribution in [3.05, 3.63) is 45.7 Å². The molecule has 0 fully saturated rings. The van der Waals surface area contributed by atoms with Crippen LogP contribution in [-0.2, 0) is 11.3 Å². The van der Waals surface area contributed by atoms with E-state index in [1.807, 2.05) is 18.4 Å². The fourth-order valence-electron chi connectivity index (χ4n) is 2.15. The van der Waals surface area contributed by atoms with Gasteiger partial charge in [-0.2, -0.15) is 0 Å². The standard InChI is InChI=1S/C15H15N5O2S/c1-10-9-23-15(16-10)17-13(21)7-4-8-20-14(22)11-5-2-3-6-12(11)18-19-20/h2-3,5-6,9H,4,7-8H2,1H3,(H,16,17,21). The number of carbonyl (C=O) groups excluding carboxylic acids is 1. The maximum absolute atomic E-state index is 12.2. The van der Waals surface area contributed by atoms with Gasteiger partial charge in [0.05, 0.1) is 11.1 Å². The van der Waals surface area contributed by atoms with Gasteiger partial charge in [-0.1, -0.05) is 17.3 Å². The van der Waals surface area contributed by atoms with E-state index in [4.69, 9.17) is 0 Å². The molecule has 0 spiro atoms. The van der Waals surface area contributed by atoms with E-state index in [2.05, 4.69) is 20.6 Å². The molecule has 0 aliphatic heterocycles. The third-order valence-corrected chi connectivity index (χ3v) is 4.14. The molecular formula is C15H15N5O2S. The number of thiazole rings is 1. The highest BCUT2D eigenvalue weighted by Crippen LogP contribution is 2.14. The monoisotopic (exact) mass is 329 g/mol. The molecule has 2 heterocycles. The van der Waals surface area contributed by atoms with Crippen molar-refractivity contribution in [3.63, 3.8) is 0 Å². The van der Waals surface area contributed by atoms with Crippen LogP contribution in [0.4, 0.5) is 5.13 Å². The van der Waals surface area contributed by atoms with Crippen molar-refractivity contribution in [3.8, 4) is 0 Å². The summed E-state index contributed by atoms with van der Waals surface area (Å²) in [5.74, 6) is -0.124. The Morgan fingerprint density at radius 1 is 1.35 bits per heavy atom. The number of carbonyl (C=O) groups is 1. The topological polar surface area (TPSA) is 89.8 Å². The molecule has 0 radical (unpaired) electrons. The minimum atomic E-state index is -0.188. The highest BCUT2D eigenvalue weighted by molar-refractivity contribution is 7.13. The fraction of sp³-hybridized carbons (Fsp3) is 0.267. The Balaban J connectivity index is 1.59. The van der Waals surface area contributed by atoms with E-state index < -0.39 is 0 Å². The van der Waals surface area contributed by atoms with Gasteiger partial charge in [0.1, 0.15) is 5.52 Å². The van der Waals surface area contributed by atoms with E-state index in [-0.39, 0.29) is 11.5 Å². The lowest BCUT2D eigenvalue weighted by Crippen LogP contribution is -2.25. The summed E-state index contributed by atoms with van der Waals surface area (Å²) < 4.78 is 1.29. The number of nitrogens with one attached hydrogen (secondary N) is 1. The van der Waals surface area contributed by atoms with Gasteiger partial charge in [-0.3, -0.25) is 9.59 Å². The first-order chi connectivity index (χ1) is 11.1. The lowest BCUT2D eigenvalue weighted by atomic mass is 10.2. The third kappa shape index (κ3) is 3.59. The number of hydrogen-bond donors (Lipinski definition) is 1. The number of fused-ring (bicyclic) bond motifs is 1. The number of aryl methyl sites for hydroxylation is 2.